The molecule has 1 N–H and O–H groups in total. The molecule has 0 spiro atoms. The number of aromatic amines is 1. The first kappa shape index (κ1) is 16.1. The van der Waals surface area contributed by atoms with Crippen LogP contribution < -0.4 is 0 Å². The van der Waals surface area contributed by atoms with Crippen molar-refractivity contribution in [3.8, 4) is 0 Å². The first-order valence-corrected chi connectivity index (χ1v) is 9.44. The monoisotopic (exact) mass is 390 g/mol. The van der Waals surface area contributed by atoms with Crippen molar-refractivity contribution in [2.24, 2.45) is 11.3 Å². The zero-order valence-corrected chi connectivity index (χ0v) is 16.0. The topological polar surface area (TPSA) is 55.0 Å². The van der Waals surface area contributed by atoms with Crippen LogP contribution in [-0.2, 0) is 21.4 Å². The Bertz CT molecular complexity index is 830. The number of aryl methyl sites for hydroxylation is 1. The number of carbonyl (C=O) groups is 1. The lowest BCUT2D eigenvalue weighted by Gasteiger charge is -2.54. The van der Waals surface area contributed by atoms with Crippen molar-refractivity contribution < 1.29 is 9.53 Å². The van der Waals surface area contributed by atoms with Gasteiger partial charge in [0.1, 0.15) is 5.52 Å². The molecule has 2 aliphatic carbocycles. The molecule has 5 heteroatoms. The van der Waals surface area contributed by atoms with Crippen molar-refractivity contribution in [1.29, 1.82) is 0 Å². The maximum Gasteiger partial charge on any atom is 0.311 e. The van der Waals surface area contributed by atoms with Crippen LogP contribution in [0.3, 0.4) is 0 Å². The van der Waals surface area contributed by atoms with Crippen molar-refractivity contribution in [2.75, 3.05) is 7.11 Å². The molecule has 1 aromatic carbocycles. The second-order valence-electron chi connectivity index (χ2n) is 7.78. The number of fused-ring (bicyclic) bond motifs is 5. The van der Waals surface area contributed by atoms with Crippen LogP contribution >= 0.6 is 15.9 Å². The van der Waals surface area contributed by atoms with E-state index in [0.717, 1.165) is 47.6 Å². The molecule has 0 radical (unpaired) electrons. The van der Waals surface area contributed by atoms with Crippen LogP contribution in [0.15, 0.2) is 16.9 Å². The van der Waals surface area contributed by atoms with Gasteiger partial charge >= 0.3 is 5.97 Å². The number of H-pyrrole nitrogens is 1. The molecule has 0 amide bonds. The van der Waals surface area contributed by atoms with E-state index in [4.69, 9.17) is 4.74 Å². The third kappa shape index (κ3) is 1.97. The molecule has 1 heterocycles. The van der Waals surface area contributed by atoms with Gasteiger partial charge in [-0.1, -0.05) is 13.3 Å². The lowest BCUT2D eigenvalue weighted by atomic mass is 9.50. The largest absolute Gasteiger partial charge is 0.469 e. The molecule has 4 nitrogen and oxygen atoms in total. The summed E-state index contributed by atoms with van der Waals surface area (Å²) in [4.78, 5) is 20.4. The zero-order valence-electron chi connectivity index (χ0n) is 14.4. The standard InChI is InChI=1S/C19H23BrN2O2/c1-18-7-4-8-19(2,17(23)24-3)14(18)6-5-11-12(18)9-13(20)16-15(11)21-10-22-16/h9-10,14H,4-8H2,1-3H3,(H,21,22)/t14?,18-,19-/m1/s1. The van der Waals surface area contributed by atoms with Crippen LogP contribution in [0.25, 0.3) is 11.0 Å². The minimum Gasteiger partial charge on any atom is -0.469 e. The summed E-state index contributed by atoms with van der Waals surface area (Å²) in [6, 6.07) is 2.24. The highest BCUT2D eigenvalue weighted by Crippen LogP contribution is 2.58. The average molecular weight is 391 g/mol. The molecule has 1 aromatic heterocycles. The number of hydrogen-bond donors (Lipinski definition) is 1. The average Bonchev–Trinajstić information content (AvgIpc) is 3.05. The van der Waals surface area contributed by atoms with Crippen molar-refractivity contribution >= 4 is 32.9 Å². The molecule has 0 bridgehead atoms. The number of benzene rings is 1. The van der Waals surface area contributed by atoms with E-state index < -0.39 is 5.41 Å². The number of methoxy groups -OCH3 is 1. The number of ether oxygens (including phenoxy) is 1. The summed E-state index contributed by atoms with van der Waals surface area (Å²) in [5.74, 6) is 0.259. The van der Waals surface area contributed by atoms with E-state index in [1.807, 2.05) is 0 Å². The summed E-state index contributed by atoms with van der Waals surface area (Å²) in [5, 5.41) is 0. The van der Waals surface area contributed by atoms with Crippen LogP contribution in [0.1, 0.15) is 50.7 Å². The first-order valence-electron chi connectivity index (χ1n) is 8.65. The zero-order chi connectivity index (χ0) is 17.1. The number of nitrogens with zero attached hydrogens (tertiary/aromatic N) is 1. The number of carbonyl (C=O) groups excluding carboxylic acids is 1. The molecule has 2 aromatic rings. The van der Waals surface area contributed by atoms with Gasteiger partial charge in [0.15, 0.2) is 0 Å². The lowest BCUT2D eigenvalue weighted by molar-refractivity contribution is -0.161. The SMILES string of the molecule is COC(=O)[C@]1(C)CCC[C@]2(C)c3cc(Br)c4nc[nH]c4c3CCC12. The third-order valence-electron chi connectivity index (χ3n) is 6.64. The maximum absolute atomic E-state index is 12.6. The van der Waals surface area contributed by atoms with Crippen molar-refractivity contribution in [2.45, 2.75) is 51.4 Å². The van der Waals surface area contributed by atoms with E-state index in [2.05, 4.69) is 45.8 Å². The van der Waals surface area contributed by atoms with E-state index in [-0.39, 0.29) is 11.4 Å². The molecule has 1 fully saturated rings. The van der Waals surface area contributed by atoms with Gasteiger partial charge in [-0.2, -0.15) is 0 Å². The van der Waals surface area contributed by atoms with Crippen LogP contribution in [0.5, 0.6) is 0 Å². The van der Waals surface area contributed by atoms with Gasteiger partial charge in [-0.3, -0.25) is 4.79 Å². The second-order valence-corrected chi connectivity index (χ2v) is 8.64. The molecule has 1 saturated carbocycles. The molecule has 3 atom stereocenters. The van der Waals surface area contributed by atoms with E-state index in [0.29, 0.717) is 5.92 Å². The maximum atomic E-state index is 12.6. The Hall–Kier alpha value is -1.36. The number of hydrogen-bond acceptors (Lipinski definition) is 3. The summed E-state index contributed by atoms with van der Waals surface area (Å²) < 4.78 is 6.22. The van der Waals surface area contributed by atoms with E-state index in [9.17, 15) is 4.79 Å². The quantitative estimate of drug-likeness (QED) is 0.728. The third-order valence-corrected chi connectivity index (χ3v) is 7.25. The number of aromatic nitrogens is 2. The molecule has 0 saturated heterocycles. The normalized spacial score (nSPS) is 32.2. The van der Waals surface area contributed by atoms with Gasteiger partial charge in [0.05, 0.1) is 24.4 Å². The van der Waals surface area contributed by atoms with Crippen LogP contribution in [0.4, 0.5) is 0 Å². The Balaban J connectivity index is 1.91. The van der Waals surface area contributed by atoms with E-state index in [1.54, 1.807) is 6.33 Å². The number of nitrogens with one attached hydrogen (secondary N) is 1. The van der Waals surface area contributed by atoms with Gasteiger partial charge < -0.3 is 9.72 Å². The van der Waals surface area contributed by atoms with Crippen LogP contribution in [-0.4, -0.2) is 23.0 Å². The minimum atomic E-state index is -0.394. The Morgan fingerprint density at radius 1 is 1.42 bits per heavy atom. The van der Waals surface area contributed by atoms with Crippen molar-refractivity contribution in [3.05, 3.63) is 28.0 Å². The fraction of sp³-hybridized carbons (Fsp3) is 0.579. The molecule has 24 heavy (non-hydrogen) atoms. The minimum absolute atomic E-state index is 0.00338. The first-order chi connectivity index (χ1) is 11.4. The molecule has 128 valence electrons. The predicted octanol–water partition coefficient (Wildman–Crippen LogP) is 4.51. The van der Waals surface area contributed by atoms with Gasteiger partial charge in [0.25, 0.3) is 0 Å². The Kier molecular flexibility index (Phi) is 3.57. The van der Waals surface area contributed by atoms with Gasteiger partial charge in [-0.05, 0) is 77.1 Å². The molecule has 2 aliphatic rings. The number of imidazole rings is 1. The highest BCUT2D eigenvalue weighted by atomic mass is 79.9. The molecular weight excluding hydrogens is 368 g/mol. The fourth-order valence-electron chi connectivity index (χ4n) is 5.49. The number of rotatable bonds is 1. The van der Waals surface area contributed by atoms with Gasteiger partial charge in [0.2, 0.25) is 0 Å². The lowest BCUT2D eigenvalue weighted by Crippen LogP contribution is -2.52. The van der Waals surface area contributed by atoms with Crippen molar-refractivity contribution in [1.82, 2.24) is 9.97 Å². The van der Waals surface area contributed by atoms with E-state index in [1.165, 1.54) is 18.2 Å². The van der Waals surface area contributed by atoms with Gasteiger partial charge in [-0.25, -0.2) is 4.98 Å². The second kappa shape index (κ2) is 5.32. The summed E-state index contributed by atoms with van der Waals surface area (Å²) >= 11 is 3.69. The fourth-order valence-corrected chi connectivity index (χ4v) is 6.02. The molecule has 0 aliphatic heterocycles. The highest BCUT2D eigenvalue weighted by molar-refractivity contribution is 9.10. The summed E-state index contributed by atoms with van der Waals surface area (Å²) in [5.41, 5.74) is 4.49. The predicted molar refractivity (Wildman–Crippen MR) is 96.9 cm³/mol. The van der Waals surface area contributed by atoms with Crippen LogP contribution in [0.2, 0.25) is 0 Å². The summed E-state index contributed by atoms with van der Waals surface area (Å²) in [6.07, 6.45) is 6.85. The van der Waals surface area contributed by atoms with Crippen molar-refractivity contribution in [3.63, 3.8) is 0 Å². The highest BCUT2D eigenvalue weighted by Gasteiger charge is 2.55. The summed E-state index contributed by atoms with van der Waals surface area (Å²) in [6.45, 7) is 4.44. The molecule has 4 rings (SSSR count). The Morgan fingerprint density at radius 3 is 2.96 bits per heavy atom. The van der Waals surface area contributed by atoms with Gasteiger partial charge in [-0.15, -0.1) is 0 Å². The number of esters is 1. The molecular formula is C19H23BrN2O2. The van der Waals surface area contributed by atoms with E-state index >= 15 is 0 Å². The summed E-state index contributed by atoms with van der Waals surface area (Å²) in [7, 11) is 1.51. The number of halogens is 1. The Morgan fingerprint density at radius 2 is 2.21 bits per heavy atom. The smallest absolute Gasteiger partial charge is 0.311 e. The van der Waals surface area contributed by atoms with Crippen LogP contribution in [0, 0.1) is 11.3 Å². The Labute approximate surface area is 150 Å². The molecule has 1 unspecified atom stereocenters. The van der Waals surface area contributed by atoms with Gasteiger partial charge in [0, 0.05) is 4.47 Å².